The Kier molecular flexibility index (Phi) is 6.55. The topological polar surface area (TPSA) is 70.8 Å². The van der Waals surface area contributed by atoms with Crippen LogP contribution in [0.1, 0.15) is 24.4 Å². The molecule has 2 aliphatic rings. The second-order valence-electron chi connectivity index (χ2n) is 8.69. The molecule has 0 bridgehead atoms. The predicted octanol–water partition coefficient (Wildman–Crippen LogP) is 3.37. The van der Waals surface area contributed by atoms with Gasteiger partial charge in [0.25, 0.3) is 6.01 Å². The first-order valence-electron chi connectivity index (χ1n) is 11.6. The average molecular weight is 453 g/mol. The van der Waals surface area contributed by atoms with E-state index in [0.29, 0.717) is 25.8 Å². The normalized spacial score (nSPS) is 19.0. The second-order valence-corrected chi connectivity index (χ2v) is 8.69. The second kappa shape index (κ2) is 9.89. The van der Waals surface area contributed by atoms with Crippen LogP contribution in [-0.4, -0.2) is 61.7 Å². The molecule has 3 heterocycles. The average Bonchev–Trinajstić information content (AvgIpc) is 3.30. The molecule has 1 atom stereocenters. The minimum atomic E-state index is -0.255. The maximum absolute atomic E-state index is 13.4. The van der Waals surface area contributed by atoms with Crippen LogP contribution in [-0.2, 0) is 9.53 Å². The van der Waals surface area contributed by atoms with Gasteiger partial charge in [-0.2, -0.15) is 4.98 Å². The number of amides is 1. The predicted molar refractivity (Wildman–Crippen MR) is 123 cm³/mol. The van der Waals surface area contributed by atoms with Crippen LogP contribution in [0.5, 0.6) is 0 Å². The number of nitrogens with zero attached hydrogens (tertiary/aromatic N) is 3. The Balaban J connectivity index is 1.18. The van der Waals surface area contributed by atoms with Gasteiger partial charge in [0.1, 0.15) is 11.3 Å². The van der Waals surface area contributed by atoms with Crippen LogP contribution in [0, 0.1) is 11.7 Å². The summed E-state index contributed by atoms with van der Waals surface area (Å²) in [5, 5.41) is 3.17. The number of halogens is 1. The molecule has 0 radical (unpaired) electrons. The lowest BCUT2D eigenvalue weighted by atomic mass is 9.95. The van der Waals surface area contributed by atoms with Crippen LogP contribution in [0.3, 0.4) is 0 Å². The fourth-order valence-electron chi connectivity index (χ4n) is 4.70. The molecular formula is C25H29FN4O3. The number of carbonyl (C=O) groups is 1. The van der Waals surface area contributed by atoms with Crippen LogP contribution in [0.2, 0.25) is 0 Å². The minimum absolute atomic E-state index is 0.00159. The fourth-order valence-corrected chi connectivity index (χ4v) is 4.70. The van der Waals surface area contributed by atoms with E-state index in [4.69, 9.17) is 9.15 Å². The van der Waals surface area contributed by atoms with Gasteiger partial charge >= 0.3 is 0 Å². The molecule has 0 spiro atoms. The standard InChI is InChI=1S/C25H29FN4O3/c26-20-7-5-18(6-8-20)22(29-13-15-32-16-14-29)17-27-24(31)19-9-11-30(12-10-19)25-28-21-3-1-2-4-23(21)33-25/h1-8,19,22H,9-17H2,(H,27,31). The largest absolute Gasteiger partial charge is 0.423 e. The lowest BCUT2D eigenvalue weighted by molar-refractivity contribution is -0.126. The van der Waals surface area contributed by atoms with Gasteiger partial charge in [0, 0.05) is 38.6 Å². The van der Waals surface area contributed by atoms with E-state index >= 15 is 0 Å². The summed E-state index contributed by atoms with van der Waals surface area (Å²) in [6.45, 7) is 4.88. The van der Waals surface area contributed by atoms with Gasteiger partial charge in [-0.3, -0.25) is 9.69 Å². The molecule has 7 nitrogen and oxygen atoms in total. The Hall–Kier alpha value is -2.97. The van der Waals surface area contributed by atoms with E-state index in [0.717, 1.165) is 55.7 Å². The minimum Gasteiger partial charge on any atom is -0.423 e. The van der Waals surface area contributed by atoms with Crippen molar-refractivity contribution < 1.29 is 18.3 Å². The molecule has 174 valence electrons. The Morgan fingerprint density at radius 2 is 1.79 bits per heavy atom. The van der Waals surface area contributed by atoms with Crippen molar-refractivity contribution in [3.63, 3.8) is 0 Å². The van der Waals surface area contributed by atoms with E-state index in [1.807, 2.05) is 24.3 Å². The number of hydrogen-bond acceptors (Lipinski definition) is 6. The molecule has 5 rings (SSSR count). The third kappa shape index (κ3) is 5.02. The number of ether oxygens (including phenoxy) is 1. The molecule has 3 aromatic rings. The first kappa shape index (κ1) is 21.9. The lowest BCUT2D eigenvalue weighted by Gasteiger charge is -2.35. The molecule has 1 N–H and O–H groups in total. The molecule has 2 saturated heterocycles. The summed E-state index contributed by atoms with van der Waals surface area (Å²) in [5.74, 6) is -0.217. The highest BCUT2D eigenvalue weighted by Crippen LogP contribution is 2.27. The number of aromatic nitrogens is 1. The number of carbonyl (C=O) groups excluding carboxylic acids is 1. The van der Waals surface area contributed by atoms with Gasteiger partial charge in [0.05, 0.1) is 19.3 Å². The van der Waals surface area contributed by atoms with Crippen LogP contribution in [0.25, 0.3) is 11.1 Å². The number of fused-ring (bicyclic) bond motifs is 1. The number of morpholine rings is 1. The van der Waals surface area contributed by atoms with E-state index in [-0.39, 0.29) is 23.7 Å². The van der Waals surface area contributed by atoms with E-state index in [1.54, 1.807) is 12.1 Å². The molecular weight excluding hydrogens is 423 g/mol. The zero-order valence-electron chi connectivity index (χ0n) is 18.6. The van der Waals surface area contributed by atoms with Crippen molar-refractivity contribution in [2.75, 3.05) is 50.8 Å². The Bertz CT molecular complexity index is 1040. The van der Waals surface area contributed by atoms with E-state index in [2.05, 4.69) is 20.1 Å². The van der Waals surface area contributed by atoms with Crippen molar-refractivity contribution in [3.8, 4) is 0 Å². The fraction of sp³-hybridized carbons (Fsp3) is 0.440. The number of anilines is 1. The molecule has 1 amide bonds. The zero-order valence-corrected chi connectivity index (χ0v) is 18.6. The van der Waals surface area contributed by atoms with Crippen LogP contribution in [0.15, 0.2) is 52.9 Å². The molecule has 2 aromatic carbocycles. The van der Waals surface area contributed by atoms with Crippen LogP contribution >= 0.6 is 0 Å². The monoisotopic (exact) mass is 452 g/mol. The molecule has 2 fully saturated rings. The number of oxazole rings is 1. The number of benzene rings is 2. The molecule has 1 aromatic heterocycles. The van der Waals surface area contributed by atoms with Crippen LogP contribution in [0.4, 0.5) is 10.4 Å². The maximum Gasteiger partial charge on any atom is 0.298 e. The van der Waals surface area contributed by atoms with Crippen molar-refractivity contribution in [1.82, 2.24) is 15.2 Å². The van der Waals surface area contributed by atoms with Crippen molar-refractivity contribution in [2.45, 2.75) is 18.9 Å². The Morgan fingerprint density at radius 1 is 1.06 bits per heavy atom. The molecule has 33 heavy (non-hydrogen) atoms. The molecule has 8 heteroatoms. The van der Waals surface area contributed by atoms with Crippen molar-refractivity contribution >= 4 is 23.0 Å². The summed E-state index contributed by atoms with van der Waals surface area (Å²) in [4.78, 5) is 22.0. The van der Waals surface area contributed by atoms with Gasteiger partial charge in [0.15, 0.2) is 5.58 Å². The number of piperidine rings is 1. The third-order valence-corrected chi connectivity index (χ3v) is 6.63. The molecule has 1 unspecified atom stereocenters. The van der Waals surface area contributed by atoms with Crippen molar-refractivity contribution in [1.29, 1.82) is 0 Å². The number of nitrogens with one attached hydrogen (secondary N) is 1. The van der Waals surface area contributed by atoms with Gasteiger partial charge in [-0.25, -0.2) is 4.39 Å². The summed E-state index contributed by atoms with van der Waals surface area (Å²) in [6.07, 6.45) is 1.51. The zero-order chi connectivity index (χ0) is 22.6. The van der Waals surface area contributed by atoms with Gasteiger partial charge in [-0.15, -0.1) is 0 Å². The van der Waals surface area contributed by atoms with Crippen molar-refractivity contribution in [3.05, 3.63) is 59.9 Å². The number of rotatable bonds is 6. The summed E-state index contributed by atoms with van der Waals surface area (Å²) in [7, 11) is 0. The number of hydrogen-bond donors (Lipinski definition) is 1. The van der Waals surface area contributed by atoms with Gasteiger partial charge in [-0.1, -0.05) is 24.3 Å². The van der Waals surface area contributed by atoms with E-state index < -0.39 is 0 Å². The molecule has 0 aliphatic carbocycles. The van der Waals surface area contributed by atoms with Crippen LogP contribution < -0.4 is 10.2 Å². The van der Waals surface area contributed by atoms with Gasteiger partial charge in [-0.05, 0) is 42.7 Å². The summed E-state index contributed by atoms with van der Waals surface area (Å²) >= 11 is 0. The van der Waals surface area contributed by atoms with E-state index in [1.165, 1.54) is 12.1 Å². The SMILES string of the molecule is O=C(NCC(c1ccc(F)cc1)N1CCOCC1)C1CCN(c2nc3ccccc3o2)CC1. The Labute approximate surface area is 192 Å². The number of para-hydroxylation sites is 2. The van der Waals surface area contributed by atoms with Gasteiger partial charge < -0.3 is 19.4 Å². The van der Waals surface area contributed by atoms with Crippen molar-refractivity contribution in [2.24, 2.45) is 5.92 Å². The quantitative estimate of drug-likeness (QED) is 0.618. The highest BCUT2D eigenvalue weighted by atomic mass is 19.1. The highest BCUT2D eigenvalue weighted by molar-refractivity contribution is 5.79. The smallest absolute Gasteiger partial charge is 0.298 e. The maximum atomic E-state index is 13.4. The third-order valence-electron chi connectivity index (χ3n) is 6.63. The highest BCUT2D eigenvalue weighted by Gasteiger charge is 2.29. The molecule has 0 saturated carbocycles. The first-order valence-corrected chi connectivity index (χ1v) is 11.6. The lowest BCUT2D eigenvalue weighted by Crippen LogP contribution is -2.46. The molecule has 2 aliphatic heterocycles. The summed E-state index contributed by atoms with van der Waals surface area (Å²) in [6, 6.07) is 14.9. The summed E-state index contributed by atoms with van der Waals surface area (Å²) in [5.41, 5.74) is 2.63. The Morgan fingerprint density at radius 3 is 2.52 bits per heavy atom. The first-order chi connectivity index (χ1) is 16.2. The summed E-state index contributed by atoms with van der Waals surface area (Å²) < 4.78 is 24.8. The van der Waals surface area contributed by atoms with Gasteiger partial charge in [0.2, 0.25) is 5.91 Å². The van der Waals surface area contributed by atoms with E-state index in [9.17, 15) is 9.18 Å².